The quantitative estimate of drug-likeness (QED) is 0.372. The van der Waals surface area contributed by atoms with Gasteiger partial charge in [-0.15, -0.1) is 0 Å². The molecule has 0 amide bonds. The van der Waals surface area contributed by atoms with Crippen molar-refractivity contribution < 1.29 is 33.3 Å². The van der Waals surface area contributed by atoms with Gasteiger partial charge in [-0.2, -0.15) is 0 Å². The van der Waals surface area contributed by atoms with Gasteiger partial charge in [0, 0.05) is 23.3 Å². The number of carbonyl (C=O) groups is 2. The Balaban J connectivity index is 1.98. The normalized spacial score (nSPS) is 10.4. The number of benzene rings is 2. The maximum absolute atomic E-state index is 12.2. The van der Waals surface area contributed by atoms with Gasteiger partial charge in [-0.05, 0) is 36.4 Å². The summed E-state index contributed by atoms with van der Waals surface area (Å²) in [7, 11) is 6.05. The molecule has 2 aromatic rings. The van der Waals surface area contributed by atoms with Crippen LogP contribution in [-0.4, -0.2) is 46.8 Å². The minimum absolute atomic E-state index is 0.353. The van der Waals surface area contributed by atoms with E-state index >= 15 is 0 Å². The van der Waals surface area contributed by atoms with Crippen LogP contribution < -0.4 is 18.9 Å². The first-order valence-electron chi connectivity index (χ1n) is 8.34. The Morgan fingerprint density at radius 2 is 1.54 bits per heavy atom. The molecule has 0 heterocycles. The first-order chi connectivity index (χ1) is 13.5. The number of methoxy groups -OCH3 is 4. The summed E-state index contributed by atoms with van der Waals surface area (Å²) in [6, 6.07) is 9.92. The van der Waals surface area contributed by atoms with Crippen LogP contribution in [0.1, 0.15) is 15.9 Å². The van der Waals surface area contributed by atoms with Gasteiger partial charge in [0.25, 0.3) is 0 Å². The van der Waals surface area contributed by atoms with E-state index in [2.05, 4.69) is 0 Å². The van der Waals surface area contributed by atoms with Crippen LogP contribution in [0.5, 0.6) is 23.0 Å². The molecule has 0 aliphatic heterocycles. The van der Waals surface area contributed by atoms with E-state index in [0.29, 0.717) is 34.1 Å². The molecule has 28 heavy (non-hydrogen) atoms. The van der Waals surface area contributed by atoms with Crippen LogP contribution in [0.25, 0.3) is 6.08 Å². The van der Waals surface area contributed by atoms with Crippen molar-refractivity contribution in [2.45, 2.75) is 0 Å². The van der Waals surface area contributed by atoms with E-state index in [1.165, 1.54) is 33.5 Å². The lowest BCUT2D eigenvalue weighted by Crippen LogP contribution is -2.12. The molecule has 148 valence electrons. The average molecular weight is 386 g/mol. The Kier molecular flexibility index (Phi) is 7.45. The molecule has 7 nitrogen and oxygen atoms in total. The zero-order valence-corrected chi connectivity index (χ0v) is 16.2. The van der Waals surface area contributed by atoms with Crippen molar-refractivity contribution in [2.24, 2.45) is 0 Å². The summed E-state index contributed by atoms with van der Waals surface area (Å²) in [5.74, 6) is 1.11. The molecule has 0 aliphatic rings. The fourth-order valence-corrected chi connectivity index (χ4v) is 2.39. The molecule has 2 rings (SSSR count). The van der Waals surface area contributed by atoms with Crippen LogP contribution in [0.2, 0.25) is 0 Å². The number of hydrogen-bond donors (Lipinski definition) is 0. The van der Waals surface area contributed by atoms with Crippen molar-refractivity contribution in [1.29, 1.82) is 0 Å². The molecule has 0 aromatic heterocycles. The summed E-state index contributed by atoms with van der Waals surface area (Å²) >= 11 is 0. The summed E-state index contributed by atoms with van der Waals surface area (Å²) in [4.78, 5) is 24.2. The first-order valence-corrected chi connectivity index (χ1v) is 8.34. The molecule has 0 radical (unpaired) electrons. The van der Waals surface area contributed by atoms with Gasteiger partial charge in [-0.3, -0.25) is 4.79 Å². The predicted octanol–water partition coefficient (Wildman–Crippen LogP) is 3.16. The Morgan fingerprint density at radius 3 is 2.18 bits per heavy atom. The third kappa shape index (κ3) is 5.26. The lowest BCUT2D eigenvalue weighted by molar-refractivity contribution is -0.136. The summed E-state index contributed by atoms with van der Waals surface area (Å²) in [6.07, 6.45) is 2.77. The van der Waals surface area contributed by atoms with Crippen LogP contribution in [0.4, 0.5) is 0 Å². The molecule has 0 bridgehead atoms. The van der Waals surface area contributed by atoms with Crippen molar-refractivity contribution in [3.05, 3.63) is 53.6 Å². The summed E-state index contributed by atoms with van der Waals surface area (Å²) in [5, 5.41) is 0. The van der Waals surface area contributed by atoms with Crippen molar-refractivity contribution in [1.82, 2.24) is 0 Å². The number of esters is 1. The van der Waals surface area contributed by atoms with Gasteiger partial charge in [0.2, 0.25) is 0 Å². The molecule has 0 spiro atoms. The maximum atomic E-state index is 12.2. The zero-order valence-electron chi connectivity index (χ0n) is 16.2. The first kappa shape index (κ1) is 20.8. The second-order valence-corrected chi connectivity index (χ2v) is 5.54. The van der Waals surface area contributed by atoms with Gasteiger partial charge >= 0.3 is 5.97 Å². The van der Waals surface area contributed by atoms with Gasteiger partial charge < -0.3 is 23.7 Å². The van der Waals surface area contributed by atoms with Crippen LogP contribution >= 0.6 is 0 Å². The summed E-state index contributed by atoms with van der Waals surface area (Å²) in [6.45, 7) is -0.390. The smallest absolute Gasteiger partial charge is 0.331 e. The molecule has 0 fully saturated rings. The molecule has 0 saturated carbocycles. The van der Waals surface area contributed by atoms with Gasteiger partial charge in [0.1, 0.15) is 11.5 Å². The number of hydrogen-bond acceptors (Lipinski definition) is 7. The number of Topliss-reactive ketones (excluding diaryl/α,β-unsaturated/α-hetero) is 1. The minimum atomic E-state index is -0.647. The molecule has 7 heteroatoms. The van der Waals surface area contributed by atoms with E-state index in [4.69, 9.17) is 23.7 Å². The van der Waals surface area contributed by atoms with Crippen molar-refractivity contribution in [2.75, 3.05) is 35.0 Å². The van der Waals surface area contributed by atoms with Gasteiger partial charge in [0.15, 0.2) is 23.9 Å². The third-order valence-electron chi connectivity index (χ3n) is 3.89. The monoisotopic (exact) mass is 386 g/mol. The van der Waals surface area contributed by atoms with Crippen molar-refractivity contribution >= 4 is 17.8 Å². The van der Waals surface area contributed by atoms with Gasteiger partial charge in [0.05, 0.1) is 28.4 Å². The molecular formula is C21H22O7. The van der Waals surface area contributed by atoms with Crippen LogP contribution in [0.3, 0.4) is 0 Å². The molecular weight excluding hydrogens is 364 g/mol. The molecule has 0 aliphatic carbocycles. The molecule has 0 unspecified atom stereocenters. The second kappa shape index (κ2) is 10.0. The molecule has 0 atom stereocenters. The average Bonchev–Trinajstić information content (AvgIpc) is 2.75. The number of ether oxygens (including phenoxy) is 5. The lowest BCUT2D eigenvalue weighted by Gasteiger charge is -2.09. The van der Waals surface area contributed by atoms with E-state index in [-0.39, 0.29) is 5.78 Å². The Hall–Kier alpha value is -3.48. The van der Waals surface area contributed by atoms with E-state index in [1.54, 1.807) is 43.5 Å². The van der Waals surface area contributed by atoms with E-state index < -0.39 is 12.6 Å². The highest BCUT2D eigenvalue weighted by Crippen LogP contribution is 2.28. The Labute approximate surface area is 163 Å². The van der Waals surface area contributed by atoms with Crippen molar-refractivity contribution in [3.63, 3.8) is 0 Å². The fourth-order valence-electron chi connectivity index (χ4n) is 2.39. The van der Waals surface area contributed by atoms with Crippen LogP contribution in [0, 0.1) is 0 Å². The lowest BCUT2D eigenvalue weighted by atomic mass is 10.1. The number of rotatable bonds is 9. The highest BCUT2D eigenvalue weighted by molar-refractivity contribution is 5.99. The SMILES string of the molecule is COc1ccc(/C=C/C(=O)OCC(=O)c2ccc(OC)c(OC)c2)c(OC)c1. The topological polar surface area (TPSA) is 80.3 Å². The standard InChI is InChI=1S/C21H22O7/c1-24-16-8-5-14(19(12-16)26-3)7-10-21(23)28-13-17(22)15-6-9-18(25-2)20(11-15)27-4/h5-12H,13H2,1-4H3/b10-7+. The Morgan fingerprint density at radius 1 is 0.821 bits per heavy atom. The molecule has 2 aromatic carbocycles. The largest absolute Gasteiger partial charge is 0.497 e. The number of carbonyl (C=O) groups excluding carboxylic acids is 2. The molecule has 0 N–H and O–H groups in total. The Bertz CT molecular complexity index is 871. The minimum Gasteiger partial charge on any atom is -0.497 e. The highest BCUT2D eigenvalue weighted by atomic mass is 16.5. The third-order valence-corrected chi connectivity index (χ3v) is 3.89. The summed E-state index contributed by atoms with van der Waals surface area (Å²) in [5.41, 5.74) is 1.03. The van der Waals surface area contributed by atoms with E-state index in [0.717, 1.165) is 0 Å². The van der Waals surface area contributed by atoms with Crippen molar-refractivity contribution in [3.8, 4) is 23.0 Å². The van der Waals surface area contributed by atoms with Gasteiger partial charge in [-0.25, -0.2) is 4.79 Å². The van der Waals surface area contributed by atoms with Crippen LogP contribution in [0.15, 0.2) is 42.5 Å². The van der Waals surface area contributed by atoms with Crippen LogP contribution in [-0.2, 0) is 9.53 Å². The fraction of sp³-hybridized carbons (Fsp3) is 0.238. The van der Waals surface area contributed by atoms with E-state index in [9.17, 15) is 9.59 Å². The second-order valence-electron chi connectivity index (χ2n) is 5.54. The highest BCUT2D eigenvalue weighted by Gasteiger charge is 2.12. The van der Waals surface area contributed by atoms with Gasteiger partial charge in [-0.1, -0.05) is 0 Å². The number of ketones is 1. The summed E-state index contributed by atoms with van der Waals surface area (Å²) < 4.78 is 25.7. The van der Waals surface area contributed by atoms with E-state index in [1.807, 2.05) is 0 Å². The maximum Gasteiger partial charge on any atom is 0.331 e. The predicted molar refractivity (Wildman–Crippen MR) is 103 cm³/mol. The molecule has 0 saturated heterocycles. The zero-order chi connectivity index (χ0) is 20.5.